The molecule has 1 N–H and O–H groups in total. The van der Waals surface area contributed by atoms with Crippen LogP contribution in [0.4, 0.5) is 5.82 Å². The molecule has 90 valence electrons. The van der Waals surface area contributed by atoms with Crippen LogP contribution in [-0.4, -0.2) is 49.3 Å². The second-order valence-corrected chi connectivity index (χ2v) is 5.54. The minimum absolute atomic E-state index is 0.617. The van der Waals surface area contributed by atoms with Gasteiger partial charge in [0.25, 0.3) is 0 Å². The molecule has 0 radical (unpaired) electrons. The molecule has 0 atom stereocenters. The maximum atomic E-state index is 4.35. The highest BCUT2D eigenvalue weighted by Gasteiger charge is 2.24. The molecular weight excluding hydrogens is 268 g/mol. The summed E-state index contributed by atoms with van der Waals surface area (Å²) in [6.07, 6.45) is 2.42. The molecule has 2 rings (SSSR count). The molecule has 1 aliphatic heterocycles. The largest absolute Gasteiger partial charge is 0.360 e. The van der Waals surface area contributed by atoms with Crippen molar-refractivity contribution in [1.29, 1.82) is 0 Å². The van der Waals surface area contributed by atoms with E-state index >= 15 is 0 Å². The maximum absolute atomic E-state index is 4.35. The zero-order valence-electron chi connectivity index (χ0n) is 10.1. The number of rotatable bonds is 2. The monoisotopic (exact) mass is 286 g/mol. The summed E-state index contributed by atoms with van der Waals surface area (Å²) in [5.74, 6) is 1.61. The predicted molar refractivity (Wildman–Crippen MR) is 70.1 cm³/mol. The minimum atomic E-state index is 0.617. The summed E-state index contributed by atoms with van der Waals surface area (Å²) in [7, 11) is 6.21. The first-order valence-corrected chi connectivity index (χ1v) is 6.48. The number of anilines is 1. The van der Waals surface area contributed by atoms with Crippen LogP contribution in [0.2, 0.25) is 0 Å². The van der Waals surface area contributed by atoms with Crippen LogP contribution in [0.3, 0.4) is 0 Å². The van der Waals surface area contributed by atoms with Crippen LogP contribution in [-0.2, 0) is 0 Å². The minimum Gasteiger partial charge on any atom is -0.360 e. The predicted octanol–water partition coefficient (Wildman–Crippen LogP) is 2.05. The third-order valence-corrected chi connectivity index (χ3v) is 4.05. The Morgan fingerprint density at radius 2 is 2.00 bits per heavy atom. The molecule has 1 saturated heterocycles. The Labute approximate surface area is 105 Å². The summed E-state index contributed by atoms with van der Waals surface area (Å²) >= 11 is 3.65. The van der Waals surface area contributed by atoms with Crippen molar-refractivity contribution in [2.24, 2.45) is 0 Å². The van der Waals surface area contributed by atoms with Crippen molar-refractivity contribution in [3.05, 3.63) is 10.2 Å². The number of aromatic nitrogens is 2. The zero-order valence-corrected chi connectivity index (χ0v) is 11.7. The van der Waals surface area contributed by atoms with Gasteiger partial charge in [-0.1, -0.05) is 0 Å². The smallest absolute Gasteiger partial charge is 0.164 e. The molecule has 1 aromatic rings. The first kappa shape index (κ1) is 11.9. The highest BCUT2D eigenvalue weighted by molar-refractivity contribution is 9.10. The lowest BCUT2D eigenvalue weighted by atomic mass is 9.94. The lowest BCUT2D eigenvalue weighted by Gasteiger charge is -2.28. The Morgan fingerprint density at radius 3 is 2.50 bits per heavy atom. The highest BCUT2D eigenvalue weighted by atomic mass is 79.9. The van der Waals surface area contributed by atoms with E-state index in [2.05, 4.69) is 38.1 Å². The fraction of sp³-hybridized carbons (Fsp3) is 0.727. The Morgan fingerprint density at radius 1 is 1.38 bits per heavy atom. The second-order valence-electron chi connectivity index (χ2n) is 4.75. The molecule has 16 heavy (non-hydrogen) atoms. The number of hydrogen-bond donors (Lipinski definition) is 1. The lowest BCUT2D eigenvalue weighted by molar-refractivity contribution is 0.253. The molecule has 0 bridgehead atoms. The fourth-order valence-electron chi connectivity index (χ4n) is 2.20. The van der Waals surface area contributed by atoms with Gasteiger partial charge >= 0.3 is 0 Å². The molecule has 0 aliphatic carbocycles. The Kier molecular flexibility index (Phi) is 3.54. The molecule has 0 amide bonds. The third kappa shape index (κ3) is 2.25. The molecule has 4 nitrogen and oxygen atoms in total. The molecule has 0 saturated carbocycles. The van der Waals surface area contributed by atoms with Crippen molar-refractivity contribution in [3.8, 4) is 0 Å². The summed E-state index contributed by atoms with van der Waals surface area (Å²) in [5.41, 5.74) is 1.26. The number of H-pyrrole nitrogens is 1. The van der Waals surface area contributed by atoms with Crippen LogP contribution < -0.4 is 4.90 Å². The summed E-state index contributed by atoms with van der Waals surface area (Å²) in [6.45, 7) is 2.35. The van der Waals surface area contributed by atoms with Crippen molar-refractivity contribution in [2.45, 2.75) is 18.8 Å². The van der Waals surface area contributed by atoms with Gasteiger partial charge in [0, 0.05) is 20.0 Å². The summed E-state index contributed by atoms with van der Waals surface area (Å²) in [4.78, 5) is 4.41. The van der Waals surface area contributed by atoms with Gasteiger partial charge in [-0.25, -0.2) is 0 Å². The number of halogens is 1. The van der Waals surface area contributed by atoms with Gasteiger partial charge in [-0.2, -0.15) is 5.10 Å². The van der Waals surface area contributed by atoms with Gasteiger partial charge in [0.2, 0.25) is 0 Å². The van der Waals surface area contributed by atoms with Crippen LogP contribution in [0.25, 0.3) is 0 Å². The third-order valence-electron chi connectivity index (χ3n) is 3.27. The van der Waals surface area contributed by atoms with E-state index in [0.717, 1.165) is 10.3 Å². The molecular formula is C11H19BrN4. The van der Waals surface area contributed by atoms with Crippen LogP contribution >= 0.6 is 15.9 Å². The van der Waals surface area contributed by atoms with Gasteiger partial charge in [-0.15, -0.1) is 0 Å². The normalized spacial score (nSPS) is 19.0. The van der Waals surface area contributed by atoms with Crippen molar-refractivity contribution < 1.29 is 0 Å². The van der Waals surface area contributed by atoms with E-state index in [1.807, 2.05) is 19.0 Å². The average molecular weight is 287 g/mol. The number of likely N-dealkylation sites (tertiary alicyclic amines) is 1. The SMILES string of the molecule is CN1CCC(c2[nH]nc(N(C)C)c2Br)CC1. The van der Waals surface area contributed by atoms with Gasteiger partial charge in [0.1, 0.15) is 0 Å². The average Bonchev–Trinajstić information content (AvgIpc) is 2.61. The number of hydrogen-bond acceptors (Lipinski definition) is 3. The van der Waals surface area contributed by atoms with Crippen LogP contribution in [0.5, 0.6) is 0 Å². The number of nitrogens with one attached hydrogen (secondary N) is 1. The number of piperidine rings is 1. The molecule has 1 aliphatic rings. The highest BCUT2D eigenvalue weighted by Crippen LogP contribution is 2.35. The van der Waals surface area contributed by atoms with Gasteiger partial charge < -0.3 is 9.80 Å². The zero-order chi connectivity index (χ0) is 11.7. The van der Waals surface area contributed by atoms with E-state index in [1.165, 1.54) is 31.6 Å². The number of aromatic amines is 1. The summed E-state index contributed by atoms with van der Waals surface area (Å²) in [5, 5.41) is 7.53. The fourth-order valence-corrected chi connectivity index (χ4v) is 3.05. The Balaban J connectivity index is 2.15. The molecule has 5 heteroatoms. The van der Waals surface area contributed by atoms with Gasteiger partial charge in [-0.05, 0) is 48.9 Å². The Bertz CT molecular complexity index is 353. The van der Waals surface area contributed by atoms with Gasteiger partial charge in [-0.3, -0.25) is 5.10 Å². The van der Waals surface area contributed by atoms with Gasteiger partial charge in [0.05, 0.1) is 10.2 Å². The van der Waals surface area contributed by atoms with Crippen molar-refractivity contribution >= 4 is 21.7 Å². The molecule has 0 aromatic carbocycles. The van der Waals surface area contributed by atoms with Crippen LogP contribution in [0, 0.1) is 0 Å². The molecule has 0 spiro atoms. The lowest BCUT2D eigenvalue weighted by Crippen LogP contribution is -2.29. The number of nitrogens with zero attached hydrogens (tertiary/aromatic N) is 3. The molecule has 1 aromatic heterocycles. The quantitative estimate of drug-likeness (QED) is 0.904. The van der Waals surface area contributed by atoms with Crippen molar-refractivity contribution in [1.82, 2.24) is 15.1 Å². The van der Waals surface area contributed by atoms with Crippen molar-refractivity contribution in [3.63, 3.8) is 0 Å². The van der Waals surface area contributed by atoms with Crippen LogP contribution in [0.1, 0.15) is 24.5 Å². The molecule has 1 fully saturated rings. The molecule has 2 heterocycles. The van der Waals surface area contributed by atoms with Crippen molar-refractivity contribution in [2.75, 3.05) is 39.1 Å². The van der Waals surface area contributed by atoms with E-state index < -0.39 is 0 Å². The standard InChI is InChI=1S/C11H19BrN4/c1-15(2)11-9(12)10(13-14-11)8-4-6-16(3)7-5-8/h8H,4-7H2,1-3H3,(H,13,14). The topological polar surface area (TPSA) is 35.2 Å². The van der Waals surface area contributed by atoms with Crippen LogP contribution in [0.15, 0.2) is 4.47 Å². The molecule has 0 unspecified atom stereocenters. The first-order chi connectivity index (χ1) is 7.59. The van der Waals surface area contributed by atoms with E-state index in [0.29, 0.717) is 5.92 Å². The second kappa shape index (κ2) is 4.75. The van der Waals surface area contributed by atoms with E-state index in [-0.39, 0.29) is 0 Å². The van der Waals surface area contributed by atoms with Gasteiger partial charge in [0.15, 0.2) is 5.82 Å². The summed E-state index contributed by atoms with van der Waals surface area (Å²) < 4.78 is 1.13. The maximum Gasteiger partial charge on any atom is 0.164 e. The summed E-state index contributed by atoms with van der Waals surface area (Å²) in [6, 6.07) is 0. The van der Waals surface area contributed by atoms with E-state index in [9.17, 15) is 0 Å². The van der Waals surface area contributed by atoms with E-state index in [1.54, 1.807) is 0 Å². The Hall–Kier alpha value is -0.550. The van der Waals surface area contributed by atoms with E-state index in [4.69, 9.17) is 0 Å². The first-order valence-electron chi connectivity index (χ1n) is 5.69.